The van der Waals surface area contributed by atoms with Crippen molar-refractivity contribution in [3.05, 3.63) is 48.0 Å². The van der Waals surface area contributed by atoms with Crippen LogP contribution in [0.4, 0.5) is 0 Å². The predicted octanol–water partition coefficient (Wildman–Crippen LogP) is 1.53. The average molecular weight is 170 g/mol. The van der Waals surface area contributed by atoms with Gasteiger partial charge >= 0.3 is 0 Å². The van der Waals surface area contributed by atoms with Crippen molar-refractivity contribution in [3.8, 4) is 0 Å². The van der Waals surface area contributed by atoms with Gasteiger partial charge in [-0.3, -0.25) is 0 Å². The Balaban J connectivity index is 2.83. The van der Waals surface area contributed by atoms with E-state index in [0.717, 1.165) is 10.8 Å². The second kappa shape index (κ2) is 2.90. The molecule has 0 amide bonds. The van der Waals surface area contributed by atoms with Crippen LogP contribution in [0.3, 0.4) is 0 Å². The van der Waals surface area contributed by atoms with Crippen molar-refractivity contribution >= 4 is 16.7 Å². The quantitative estimate of drug-likeness (QED) is 0.512. The molecule has 0 radical (unpaired) electrons. The molecule has 0 aliphatic carbocycles. The Morgan fingerprint density at radius 3 is 2.46 bits per heavy atom. The van der Waals surface area contributed by atoms with E-state index >= 15 is 0 Å². The van der Waals surface area contributed by atoms with Crippen LogP contribution in [-0.2, 0) is 0 Å². The Labute approximate surface area is 76.0 Å². The molecule has 0 unspecified atom stereocenters. The molecule has 2 heteroatoms. The fourth-order valence-corrected chi connectivity index (χ4v) is 1.42. The number of fused-ring (bicyclic) bond motifs is 1. The predicted molar refractivity (Wildman–Crippen MR) is 50.8 cm³/mol. The van der Waals surface area contributed by atoms with Crippen molar-refractivity contribution in [1.82, 2.24) is 0 Å². The number of hydrogen-bond donors (Lipinski definition) is 1. The van der Waals surface area contributed by atoms with Crippen LogP contribution in [0, 0.1) is 5.41 Å². The molecule has 0 aromatic heterocycles. The molecule has 0 saturated carbocycles. The first-order chi connectivity index (χ1) is 6.29. The molecule has 0 bridgehead atoms. The smallest absolute Gasteiger partial charge is 0.00771 e. The normalized spacial score (nSPS) is 10.2. The van der Waals surface area contributed by atoms with E-state index in [0.29, 0.717) is 5.56 Å². The minimum atomic E-state index is -0.628. The van der Waals surface area contributed by atoms with E-state index < -0.39 is 5.90 Å². The summed E-state index contributed by atoms with van der Waals surface area (Å²) in [5.41, 5.74) is 0.470. The fraction of sp³-hybridized carbons (Fsp3) is 0. The van der Waals surface area contributed by atoms with Gasteiger partial charge in [0, 0.05) is 0 Å². The summed E-state index contributed by atoms with van der Waals surface area (Å²) in [6.07, 6.45) is 0. The van der Waals surface area contributed by atoms with Gasteiger partial charge in [0.2, 0.25) is 0 Å². The number of rotatable bonds is 1. The summed E-state index contributed by atoms with van der Waals surface area (Å²) >= 11 is 0. The zero-order valence-corrected chi connectivity index (χ0v) is 6.95. The molecule has 2 aromatic rings. The first-order valence-electron chi connectivity index (χ1n) is 4.03. The van der Waals surface area contributed by atoms with Crippen molar-refractivity contribution in [3.63, 3.8) is 0 Å². The molecule has 0 saturated heterocycles. The van der Waals surface area contributed by atoms with Crippen molar-refractivity contribution in [2.24, 2.45) is 0 Å². The standard InChI is InChI=1S/C11H9NO/c12-11(13)10-7-3-5-8-4-1-2-6-9(8)10/h1-7H,(H2,12,13)/p-1. The highest BCUT2D eigenvalue weighted by Gasteiger charge is 1.97. The third-order valence-electron chi connectivity index (χ3n) is 2.03. The number of hydrogen-bond acceptors (Lipinski definition) is 2. The van der Waals surface area contributed by atoms with E-state index in [-0.39, 0.29) is 0 Å². The number of benzene rings is 2. The van der Waals surface area contributed by atoms with Gasteiger partial charge in [0.05, 0.1) is 0 Å². The van der Waals surface area contributed by atoms with E-state index in [1.165, 1.54) is 0 Å². The Bertz CT molecular complexity index is 457. The highest BCUT2D eigenvalue weighted by Crippen LogP contribution is 2.17. The monoisotopic (exact) mass is 170 g/mol. The summed E-state index contributed by atoms with van der Waals surface area (Å²) in [6.45, 7) is 0. The zero-order valence-electron chi connectivity index (χ0n) is 6.95. The molecule has 2 rings (SSSR count). The van der Waals surface area contributed by atoms with E-state index in [1.807, 2.05) is 30.3 Å². The topological polar surface area (TPSA) is 46.9 Å². The zero-order chi connectivity index (χ0) is 9.26. The summed E-state index contributed by atoms with van der Waals surface area (Å²) < 4.78 is 0. The summed E-state index contributed by atoms with van der Waals surface area (Å²) in [6, 6.07) is 13.0. The van der Waals surface area contributed by atoms with Crippen LogP contribution in [0.2, 0.25) is 0 Å². The van der Waals surface area contributed by atoms with Crippen molar-refractivity contribution < 1.29 is 5.11 Å². The van der Waals surface area contributed by atoms with Gasteiger partial charge in [-0.05, 0) is 22.2 Å². The lowest BCUT2D eigenvalue weighted by Gasteiger charge is -2.10. The minimum Gasteiger partial charge on any atom is -0.859 e. The van der Waals surface area contributed by atoms with Gasteiger partial charge in [-0.2, -0.15) is 0 Å². The van der Waals surface area contributed by atoms with Crippen LogP contribution >= 0.6 is 0 Å². The van der Waals surface area contributed by atoms with E-state index in [2.05, 4.69) is 0 Å². The summed E-state index contributed by atoms with van der Waals surface area (Å²) in [4.78, 5) is 0. The lowest BCUT2D eigenvalue weighted by atomic mass is 10.0. The maximum Gasteiger partial charge on any atom is -0.00771 e. The highest BCUT2D eigenvalue weighted by molar-refractivity contribution is 6.03. The maximum atomic E-state index is 10.9. The Kier molecular flexibility index (Phi) is 1.74. The minimum absolute atomic E-state index is 0.470. The highest BCUT2D eigenvalue weighted by atomic mass is 16.3. The van der Waals surface area contributed by atoms with Crippen LogP contribution < -0.4 is 5.11 Å². The second-order valence-corrected chi connectivity index (χ2v) is 2.86. The molecule has 0 spiro atoms. The fourth-order valence-electron chi connectivity index (χ4n) is 1.42. The second-order valence-electron chi connectivity index (χ2n) is 2.86. The summed E-state index contributed by atoms with van der Waals surface area (Å²) in [5.74, 6) is -0.628. The molecule has 0 atom stereocenters. The third kappa shape index (κ3) is 1.26. The third-order valence-corrected chi connectivity index (χ3v) is 2.03. The first-order valence-corrected chi connectivity index (χ1v) is 4.03. The van der Waals surface area contributed by atoms with Gasteiger partial charge in [-0.25, -0.2) is 0 Å². The van der Waals surface area contributed by atoms with Crippen LogP contribution in [0.1, 0.15) is 5.56 Å². The van der Waals surface area contributed by atoms with Gasteiger partial charge < -0.3 is 10.5 Å². The van der Waals surface area contributed by atoms with Gasteiger partial charge in [0.1, 0.15) is 0 Å². The van der Waals surface area contributed by atoms with E-state index in [9.17, 15) is 5.11 Å². The lowest BCUT2D eigenvalue weighted by Crippen LogP contribution is -2.16. The Morgan fingerprint density at radius 1 is 1.00 bits per heavy atom. The number of nitrogens with one attached hydrogen (secondary N) is 1. The van der Waals surface area contributed by atoms with Crippen LogP contribution in [0.5, 0.6) is 0 Å². The van der Waals surface area contributed by atoms with Gasteiger partial charge in [-0.15, -0.1) is 0 Å². The summed E-state index contributed by atoms with van der Waals surface area (Å²) in [5, 5.41) is 19.8. The van der Waals surface area contributed by atoms with Gasteiger partial charge in [0.15, 0.2) is 0 Å². The molecule has 0 aliphatic heterocycles. The molecular weight excluding hydrogens is 162 g/mol. The molecule has 0 aliphatic rings. The van der Waals surface area contributed by atoms with Crippen molar-refractivity contribution in [2.75, 3.05) is 0 Å². The molecule has 2 nitrogen and oxygen atoms in total. The van der Waals surface area contributed by atoms with Gasteiger partial charge in [0.25, 0.3) is 0 Å². The van der Waals surface area contributed by atoms with E-state index in [4.69, 9.17) is 5.41 Å². The molecule has 0 heterocycles. The first kappa shape index (κ1) is 7.80. The average Bonchev–Trinajstić information content (AvgIpc) is 2.17. The molecule has 2 aromatic carbocycles. The summed E-state index contributed by atoms with van der Waals surface area (Å²) in [7, 11) is 0. The van der Waals surface area contributed by atoms with Crippen LogP contribution in [-0.4, -0.2) is 5.90 Å². The molecular formula is C11H8NO-. The SMILES string of the molecule is N=C([O-])c1cccc2ccccc12. The Hall–Kier alpha value is -1.83. The molecule has 13 heavy (non-hydrogen) atoms. The largest absolute Gasteiger partial charge is 0.859 e. The molecule has 64 valence electrons. The Morgan fingerprint density at radius 2 is 1.69 bits per heavy atom. The lowest BCUT2D eigenvalue weighted by molar-refractivity contribution is -0.214. The van der Waals surface area contributed by atoms with Crippen molar-refractivity contribution in [1.29, 1.82) is 5.41 Å². The van der Waals surface area contributed by atoms with Crippen molar-refractivity contribution in [2.45, 2.75) is 0 Å². The maximum absolute atomic E-state index is 10.9. The molecule has 0 fully saturated rings. The van der Waals surface area contributed by atoms with Crippen LogP contribution in [0.25, 0.3) is 10.8 Å². The van der Waals surface area contributed by atoms with Crippen LogP contribution in [0.15, 0.2) is 42.5 Å². The van der Waals surface area contributed by atoms with Gasteiger partial charge in [-0.1, -0.05) is 42.5 Å². The van der Waals surface area contributed by atoms with E-state index in [1.54, 1.807) is 12.1 Å². The molecule has 1 N–H and O–H groups in total.